The molecule has 1 rings (SSSR count). The number of likely N-dealkylation sites (N-methyl/N-ethyl adjacent to an activating group) is 1. The Morgan fingerprint density at radius 1 is 1.28 bits per heavy atom. The Bertz CT molecular complexity index is 524. The average molecular weight is 271 g/mol. The molecule has 0 aliphatic carbocycles. The van der Waals surface area contributed by atoms with Gasteiger partial charge in [-0.05, 0) is 51.2 Å². The van der Waals surface area contributed by atoms with E-state index in [2.05, 4.69) is 4.72 Å². The van der Waals surface area contributed by atoms with Crippen molar-refractivity contribution in [2.45, 2.75) is 18.7 Å². The minimum absolute atomic E-state index is 0.263. The van der Waals surface area contributed by atoms with Gasteiger partial charge in [0.25, 0.3) is 0 Å². The molecule has 102 valence electrons. The van der Waals surface area contributed by atoms with Crippen LogP contribution in [-0.4, -0.2) is 40.5 Å². The smallest absolute Gasteiger partial charge is 0.240 e. The van der Waals surface area contributed by atoms with Crippen molar-refractivity contribution in [3.8, 4) is 0 Å². The molecule has 5 nitrogen and oxygen atoms in total. The summed E-state index contributed by atoms with van der Waals surface area (Å²) in [7, 11) is 0.298. The second-order valence-electron chi connectivity index (χ2n) is 4.66. The summed E-state index contributed by atoms with van der Waals surface area (Å²) in [5, 5.41) is 0. The number of benzene rings is 1. The first kappa shape index (κ1) is 14.9. The van der Waals surface area contributed by atoms with Gasteiger partial charge >= 0.3 is 0 Å². The Labute approximate surface area is 109 Å². The van der Waals surface area contributed by atoms with E-state index < -0.39 is 10.0 Å². The summed E-state index contributed by atoms with van der Waals surface area (Å²) in [6.45, 7) is 4.67. The first-order valence-electron chi connectivity index (χ1n) is 5.75. The first-order valence-corrected chi connectivity index (χ1v) is 7.23. The van der Waals surface area contributed by atoms with Gasteiger partial charge in [-0.3, -0.25) is 0 Å². The van der Waals surface area contributed by atoms with Crippen molar-refractivity contribution in [1.29, 1.82) is 0 Å². The molecule has 0 atom stereocenters. The summed E-state index contributed by atoms with van der Waals surface area (Å²) in [6.07, 6.45) is 0. The van der Waals surface area contributed by atoms with Gasteiger partial charge in [-0.15, -0.1) is 0 Å². The zero-order chi connectivity index (χ0) is 13.9. The number of rotatable bonds is 5. The van der Waals surface area contributed by atoms with Gasteiger partial charge in [-0.1, -0.05) is 0 Å². The van der Waals surface area contributed by atoms with Gasteiger partial charge in [0.15, 0.2) is 0 Å². The second kappa shape index (κ2) is 5.69. The normalized spacial score (nSPS) is 12.1. The molecule has 0 radical (unpaired) electrons. The monoisotopic (exact) mass is 271 g/mol. The standard InChI is InChI=1S/C12H21N3O2S/c1-9-7-11(13)8-12(10(9)2)18(16,17)14-5-6-15(3)4/h7-8,14H,5-6,13H2,1-4H3. The molecule has 0 amide bonds. The number of nitrogen functional groups attached to an aromatic ring is 1. The van der Waals surface area contributed by atoms with E-state index in [9.17, 15) is 8.42 Å². The van der Waals surface area contributed by atoms with E-state index >= 15 is 0 Å². The molecule has 0 aliphatic heterocycles. The minimum Gasteiger partial charge on any atom is -0.399 e. The topological polar surface area (TPSA) is 75.4 Å². The van der Waals surface area contributed by atoms with Crippen LogP contribution in [0.4, 0.5) is 5.69 Å². The summed E-state index contributed by atoms with van der Waals surface area (Å²) in [5.41, 5.74) is 7.78. The Morgan fingerprint density at radius 3 is 2.44 bits per heavy atom. The number of anilines is 1. The third-order valence-corrected chi connectivity index (χ3v) is 4.37. The molecule has 0 saturated heterocycles. The fraction of sp³-hybridized carbons (Fsp3) is 0.500. The lowest BCUT2D eigenvalue weighted by Gasteiger charge is -2.14. The zero-order valence-corrected chi connectivity index (χ0v) is 12.1. The van der Waals surface area contributed by atoms with E-state index in [0.717, 1.165) is 11.1 Å². The third kappa shape index (κ3) is 3.69. The summed E-state index contributed by atoms with van der Waals surface area (Å²) < 4.78 is 26.9. The van der Waals surface area contributed by atoms with Crippen molar-refractivity contribution in [2.75, 3.05) is 32.9 Å². The molecule has 0 bridgehead atoms. The van der Waals surface area contributed by atoms with Gasteiger partial charge in [0, 0.05) is 18.8 Å². The lowest BCUT2D eigenvalue weighted by atomic mass is 10.1. The number of nitrogens with one attached hydrogen (secondary N) is 1. The van der Waals surface area contributed by atoms with Crippen LogP contribution in [0.1, 0.15) is 11.1 Å². The molecule has 0 fully saturated rings. The Hall–Kier alpha value is -1.11. The van der Waals surface area contributed by atoms with Gasteiger partial charge < -0.3 is 10.6 Å². The highest BCUT2D eigenvalue weighted by Crippen LogP contribution is 2.21. The number of nitrogens with two attached hydrogens (primary N) is 1. The molecule has 0 aliphatic rings. The van der Waals surface area contributed by atoms with Crippen molar-refractivity contribution in [3.63, 3.8) is 0 Å². The van der Waals surface area contributed by atoms with Crippen molar-refractivity contribution in [2.24, 2.45) is 0 Å². The van der Waals surface area contributed by atoms with E-state index in [-0.39, 0.29) is 4.90 Å². The van der Waals surface area contributed by atoms with Crippen LogP contribution in [-0.2, 0) is 10.0 Å². The molecule has 0 saturated carbocycles. The molecule has 0 spiro atoms. The van der Waals surface area contributed by atoms with Crippen LogP contribution in [0.5, 0.6) is 0 Å². The van der Waals surface area contributed by atoms with E-state index in [0.29, 0.717) is 18.8 Å². The summed E-state index contributed by atoms with van der Waals surface area (Å²) >= 11 is 0. The fourth-order valence-electron chi connectivity index (χ4n) is 1.61. The molecular formula is C12H21N3O2S. The van der Waals surface area contributed by atoms with Gasteiger partial charge in [0.2, 0.25) is 10.0 Å². The molecule has 1 aromatic carbocycles. The Balaban J connectivity index is 2.98. The fourth-order valence-corrected chi connectivity index (χ4v) is 2.99. The molecule has 1 aromatic rings. The van der Waals surface area contributed by atoms with Gasteiger partial charge in [0.05, 0.1) is 4.90 Å². The molecular weight excluding hydrogens is 250 g/mol. The lowest BCUT2D eigenvalue weighted by Crippen LogP contribution is -2.31. The van der Waals surface area contributed by atoms with Crippen LogP contribution >= 0.6 is 0 Å². The van der Waals surface area contributed by atoms with Gasteiger partial charge in [0.1, 0.15) is 0 Å². The quantitative estimate of drug-likeness (QED) is 0.774. The highest BCUT2D eigenvalue weighted by molar-refractivity contribution is 7.89. The van der Waals surface area contributed by atoms with E-state index in [1.165, 1.54) is 6.07 Å². The average Bonchev–Trinajstić information content (AvgIpc) is 2.22. The van der Waals surface area contributed by atoms with Crippen LogP contribution in [0.25, 0.3) is 0 Å². The number of aryl methyl sites for hydroxylation is 1. The number of hydrogen-bond acceptors (Lipinski definition) is 4. The predicted octanol–water partition coefficient (Wildman–Crippen LogP) is 0.726. The van der Waals surface area contributed by atoms with Crippen molar-refractivity contribution < 1.29 is 8.42 Å². The maximum atomic E-state index is 12.2. The maximum Gasteiger partial charge on any atom is 0.240 e. The molecule has 0 heterocycles. The van der Waals surface area contributed by atoms with E-state index in [4.69, 9.17) is 5.73 Å². The van der Waals surface area contributed by atoms with Crippen LogP contribution in [0, 0.1) is 13.8 Å². The molecule has 6 heteroatoms. The second-order valence-corrected chi connectivity index (χ2v) is 6.40. The molecule has 3 N–H and O–H groups in total. The Kier molecular flexibility index (Phi) is 4.72. The number of sulfonamides is 1. The van der Waals surface area contributed by atoms with E-state index in [1.54, 1.807) is 13.0 Å². The van der Waals surface area contributed by atoms with Crippen LogP contribution in [0.15, 0.2) is 17.0 Å². The van der Waals surface area contributed by atoms with Crippen LogP contribution < -0.4 is 10.5 Å². The van der Waals surface area contributed by atoms with Gasteiger partial charge in [-0.25, -0.2) is 13.1 Å². The lowest BCUT2D eigenvalue weighted by molar-refractivity contribution is 0.412. The van der Waals surface area contributed by atoms with Gasteiger partial charge in [-0.2, -0.15) is 0 Å². The predicted molar refractivity (Wildman–Crippen MR) is 74.1 cm³/mol. The zero-order valence-electron chi connectivity index (χ0n) is 11.3. The van der Waals surface area contributed by atoms with Crippen LogP contribution in [0.3, 0.4) is 0 Å². The summed E-state index contributed by atoms with van der Waals surface area (Å²) in [6, 6.07) is 3.27. The van der Waals surface area contributed by atoms with Crippen LogP contribution in [0.2, 0.25) is 0 Å². The van der Waals surface area contributed by atoms with Crippen molar-refractivity contribution >= 4 is 15.7 Å². The van der Waals surface area contributed by atoms with Crippen molar-refractivity contribution in [1.82, 2.24) is 9.62 Å². The number of hydrogen-bond donors (Lipinski definition) is 2. The minimum atomic E-state index is -3.49. The first-order chi connectivity index (χ1) is 8.24. The van der Waals surface area contributed by atoms with Crippen molar-refractivity contribution in [3.05, 3.63) is 23.3 Å². The van der Waals surface area contributed by atoms with E-state index in [1.807, 2.05) is 25.9 Å². The molecule has 0 aromatic heterocycles. The summed E-state index contributed by atoms with van der Waals surface area (Å²) in [4.78, 5) is 2.18. The number of nitrogens with zero attached hydrogens (tertiary/aromatic N) is 1. The third-order valence-electron chi connectivity index (χ3n) is 2.78. The maximum absolute atomic E-state index is 12.2. The highest BCUT2D eigenvalue weighted by Gasteiger charge is 2.18. The highest BCUT2D eigenvalue weighted by atomic mass is 32.2. The molecule has 18 heavy (non-hydrogen) atoms. The molecule has 0 unspecified atom stereocenters. The largest absolute Gasteiger partial charge is 0.399 e. The Morgan fingerprint density at radius 2 is 1.89 bits per heavy atom. The summed E-state index contributed by atoms with van der Waals surface area (Å²) in [5.74, 6) is 0. The SMILES string of the molecule is Cc1cc(N)cc(S(=O)(=O)NCCN(C)C)c1C.